The average Bonchev–Trinajstić information content (AvgIpc) is 3.41. The van der Waals surface area contributed by atoms with Gasteiger partial charge in [0.15, 0.2) is 0 Å². The Hall–Kier alpha value is -5.02. The van der Waals surface area contributed by atoms with Crippen LogP contribution < -0.4 is 10.7 Å². The predicted molar refractivity (Wildman–Crippen MR) is 212 cm³/mol. The normalized spacial score (nSPS) is 20.4. The molecule has 6 bridgehead atoms. The molecule has 0 radical (unpaired) electrons. The molecule has 308 valence electrons. The van der Waals surface area contributed by atoms with Crippen molar-refractivity contribution in [3.05, 3.63) is 71.7 Å². The van der Waals surface area contributed by atoms with Gasteiger partial charge in [-0.05, 0) is 83.7 Å². The van der Waals surface area contributed by atoms with Crippen molar-refractivity contribution in [2.75, 3.05) is 20.3 Å². The second-order valence-electron chi connectivity index (χ2n) is 16.2. The number of rotatable bonds is 7. The summed E-state index contributed by atoms with van der Waals surface area (Å²) in [5.74, 6) is -1.08. The molecule has 2 aliphatic heterocycles. The summed E-state index contributed by atoms with van der Waals surface area (Å²) in [5.41, 5.74) is 4.87. The number of carbonyl (C=O) groups excluding carboxylic acids is 3. The van der Waals surface area contributed by atoms with Crippen LogP contribution >= 0.6 is 0 Å². The second kappa shape index (κ2) is 17.2. The van der Waals surface area contributed by atoms with Crippen molar-refractivity contribution in [2.24, 2.45) is 10.4 Å². The van der Waals surface area contributed by atoms with Gasteiger partial charge in [-0.3, -0.25) is 24.6 Å². The number of halogens is 3. The summed E-state index contributed by atoms with van der Waals surface area (Å²) in [6.45, 7) is 15.3. The van der Waals surface area contributed by atoms with Gasteiger partial charge in [0.2, 0.25) is 0 Å². The van der Waals surface area contributed by atoms with E-state index in [9.17, 15) is 27.6 Å². The van der Waals surface area contributed by atoms with Crippen molar-refractivity contribution in [1.82, 2.24) is 25.3 Å². The molecular weight excluding hydrogens is 741 g/mol. The van der Waals surface area contributed by atoms with Crippen LogP contribution in [0.15, 0.2) is 59.7 Å². The van der Waals surface area contributed by atoms with E-state index >= 15 is 0 Å². The Bertz CT molecular complexity index is 2060. The molecular formula is C42H53F3N6O6. The molecule has 57 heavy (non-hydrogen) atoms. The van der Waals surface area contributed by atoms with Crippen molar-refractivity contribution >= 4 is 40.7 Å². The van der Waals surface area contributed by atoms with E-state index < -0.39 is 59.9 Å². The molecule has 2 aliphatic rings. The largest absolute Gasteiger partial charge is 0.464 e. The molecule has 2 N–H and O–H groups in total. The Kier molecular flexibility index (Phi) is 13.0. The SMILES string of the molecule is C=C/C(=C(\N=C/C)[C@H](C)OC)c1c2c3cc(ccc3n1CC(F)(F)F)-c1cccc(n1)C[C@H](NC(=O)OC(C)(C)C)C(=O)N1CCCC(N1)C(=O)OCC(C)(C)C2. The second-order valence-corrected chi connectivity index (χ2v) is 16.2. The highest BCUT2D eigenvalue weighted by molar-refractivity contribution is 5.95. The molecule has 2 aromatic heterocycles. The number of cyclic esters (lactones) is 1. The number of ether oxygens (including phenoxy) is 3. The molecule has 4 heterocycles. The van der Waals surface area contributed by atoms with E-state index in [1.807, 2.05) is 19.9 Å². The number of nitrogens with one attached hydrogen (secondary N) is 2. The summed E-state index contributed by atoms with van der Waals surface area (Å²) in [7, 11) is 1.50. The molecule has 1 saturated heterocycles. The number of aliphatic imine (C=N–C) groups is 1. The first-order chi connectivity index (χ1) is 26.7. The highest BCUT2D eigenvalue weighted by Gasteiger charge is 2.37. The van der Waals surface area contributed by atoms with Crippen LogP contribution in [-0.2, 0) is 43.2 Å². The smallest absolute Gasteiger partial charge is 0.408 e. The minimum atomic E-state index is -4.60. The Morgan fingerprint density at radius 1 is 1.21 bits per heavy atom. The highest BCUT2D eigenvalue weighted by atomic mass is 19.4. The number of alkyl carbamates (subject to hydrolysis) is 1. The lowest BCUT2D eigenvalue weighted by molar-refractivity contribution is -0.155. The number of hydrogen-bond acceptors (Lipinski definition) is 9. The third-order valence-electron chi connectivity index (χ3n) is 9.75. The molecule has 0 spiro atoms. The van der Waals surface area contributed by atoms with Gasteiger partial charge in [-0.25, -0.2) is 10.2 Å². The molecule has 5 rings (SSSR count). The van der Waals surface area contributed by atoms with Crippen LogP contribution in [0.5, 0.6) is 0 Å². The Morgan fingerprint density at radius 3 is 2.60 bits per heavy atom. The van der Waals surface area contributed by atoms with E-state index in [0.717, 1.165) is 0 Å². The minimum Gasteiger partial charge on any atom is -0.464 e. The molecule has 1 aromatic carbocycles. The van der Waals surface area contributed by atoms with Gasteiger partial charge in [-0.1, -0.05) is 38.6 Å². The number of pyridine rings is 1. The van der Waals surface area contributed by atoms with E-state index in [2.05, 4.69) is 22.3 Å². The third-order valence-corrected chi connectivity index (χ3v) is 9.75. The Morgan fingerprint density at radius 2 is 1.95 bits per heavy atom. The number of allylic oxidation sites excluding steroid dienone is 2. The quantitative estimate of drug-likeness (QED) is 0.144. The van der Waals surface area contributed by atoms with Crippen molar-refractivity contribution in [2.45, 2.75) is 111 Å². The van der Waals surface area contributed by atoms with Crippen molar-refractivity contribution in [3.63, 3.8) is 0 Å². The van der Waals surface area contributed by atoms with Crippen LogP contribution in [0, 0.1) is 5.41 Å². The summed E-state index contributed by atoms with van der Waals surface area (Å²) in [6, 6.07) is 8.43. The van der Waals surface area contributed by atoms with Gasteiger partial charge in [0, 0.05) is 59.4 Å². The first-order valence-corrected chi connectivity index (χ1v) is 19.0. The minimum absolute atomic E-state index is 0.0289. The monoisotopic (exact) mass is 794 g/mol. The molecule has 12 nitrogen and oxygen atoms in total. The van der Waals surface area contributed by atoms with Crippen LogP contribution in [0.4, 0.5) is 18.0 Å². The fraction of sp³-hybridized carbons (Fsp3) is 0.500. The molecule has 0 aliphatic carbocycles. The topological polar surface area (TPSA) is 136 Å². The van der Waals surface area contributed by atoms with Crippen LogP contribution in [0.25, 0.3) is 27.7 Å². The number of benzene rings is 1. The number of carbonyl (C=O) groups is 3. The molecule has 1 fully saturated rings. The summed E-state index contributed by atoms with van der Waals surface area (Å²) in [4.78, 5) is 50.1. The van der Waals surface area contributed by atoms with Gasteiger partial charge in [0.05, 0.1) is 29.8 Å². The first kappa shape index (κ1) is 43.1. The number of fused-ring (bicyclic) bond motifs is 6. The summed E-state index contributed by atoms with van der Waals surface area (Å²) in [6.07, 6.45) is -1.90. The van der Waals surface area contributed by atoms with E-state index in [1.54, 1.807) is 71.2 Å². The van der Waals surface area contributed by atoms with Crippen LogP contribution in [0.2, 0.25) is 0 Å². The number of hydrogen-bond donors (Lipinski definition) is 2. The number of methoxy groups -OCH3 is 1. The van der Waals surface area contributed by atoms with Crippen LogP contribution in [0.1, 0.15) is 78.3 Å². The van der Waals surface area contributed by atoms with E-state index in [0.29, 0.717) is 57.5 Å². The van der Waals surface area contributed by atoms with Gasteiger partial charge >= 0.3 is 18.2 Å². The molecule has 3 atom stereocenters. The summed E-state index contributed by atoms with van der Waals surface area (Å²) < 4.78 is 61.9. The number of alkyl halides is 3. The van der Waals surface area contributed by atoms with Gasteiger partial charge in [0.1, 0.15) is 24.2 Å². The number of nitrogens with zero attached hydrogens (tertiary/aromatic N) is 4. The fourth-order valence-corrected chi connectivity index (χ4v) is 7.19. The number of hydrazine groups is 1. The van der Waals surface area contributed by atoms with E-state index in [-0.39, 0.29) is 31.7 Å². The van der Waals surface area contributed by atoms with Gasteiger partial charge in [0.25, 0.3) is 5.91 Å². The Balaban J connectivity index is 1.77. The average molecular weight is 795 g/mol. The highest BCUT2D eigenvalue weighted by Crippen LogP contribution is 2.41. The molecule has 15 heteroatoms. The zero-order chi connectivity index (χ0) is 41.9. The maximum absolute atomic E-state index is 14.6. The molecule has 1 unspecified atom stereocenters. The lowest BCUT2D eigenvalue weighted by Gasteiger charge is -2.35. The van der Waals surface area contributed by atoms with Crippen LogP contribution in [-0.4, -0.2) is 89.0 Å². The Labute approximate surface area is 331 Å². The molecule has 2 amide bonds. The first-order valence-electron chi connectivity index (χ1n) is 19.0. The maximum atomic E-state index is 14.6. The number of aromatic nitrogens is 2. The van der Waals surface area contributed by atoms with Crippen molar-refractivity contribution < 1.29 is 41.8 Å². The zero-order valence-electron chi connectivity index (χ0n) is 33.9. The maximum Gasteiger partial charge on any atom is 0.408 e. The standard InChI is InChI=1S/C42H53F3N6O6/c1-10-28(35(46-11-2)25(3)55-9)36-30-22-41(7,8)24-56-38(53)32-16-13-19-51(49-32)37(52)33(48-39(54)57-40(4,5)6)21-27-14-12-15-31(47-27)26-17-18-34(29(30)20-26)50(36)23-42(43,44)45/h10-12,14-15,17-18,20,25,32-33,49H,1,13,16,19,21-24H2,2-9H3,(H,48,54)/b35-28+,46-11-/t25-,32?,33-/m0/s1. The lowest BCUT2D eigenvalue weighted by Crippen LogP contribution is -2.60. The molecule has 0 saturated carbocycles. The van der Waals surface area contributed by atoms with Gasteiger partial charge in [-0.15, -0.1) is 0 Å². The third kappa shape index (κ3) is 10.5. The van der Waals surface area contributed by atoms with Gasteiger partial charge in [-0.2, -0.15) is 13.2 Å². The molecule has 3 aromatic rings. The van der Waals surface area contributed by atoms with E-state index in [4.69, 9.17) is 19.2 Å². The van der Waals surface area contributed by atoms with Crippen molar-refractivity contribution in [1.29, 1.82) is 0 Å². The van der Waals surface area contributed by atoms with Crippen molar-refractivity contribution in [3.8, 4) is 11.3 Å². The summed E-state index contributed by atoms with van der Waals surface area (Å²) in [5, 5.41) is 4.56. The van der Waals surface area contributed by atoms with Gasteiger partial charge < -0.3 is 24.1 Å². The summed E-state index contributed by atoms with van der Waals surface area (Å²) >= 11 is 0. The fourth-order valence-electron chi connectivity index (χ4n) is 7.19. The van der Waals surface area contributed by atoms with Crippen LogP contribution in [0.3, 0.4) is 0 Å². The predicted octanol–water partition coefficient (Wildman–Crippen LogP) is 7.35. The van der Waals surface area contributed by atoms with E-state index in [1.165, 1.54) is 22.8 Å². The number of esters is 1. The lowest BCUT2D eigenvalue weighted by atomic mass is 9.84. The number of amides is 2. The zero-order valence-corrected chi connectivity index (χ0v) is 33.9.